The van der Waals surface area contributed by atoms with E-state index in [9.17, 15) is 4.79 Å². The zero-order chi connectivity index (χ0) is 18.8. The molecule has 1 aliphatic heterocycles. The highest BCUT2D eigenvalue weighted by molar-refractivity contribution is 6.31. The van der Waals surface area contributed by atoms with Crippen LogP contribution < -0.4 is 10.2 Å². The molecule has 2 aromatic carbocycles. The number of rotatable bonds is 5. The van der Waals surface area contributed by atoms with Crippen molar-refractivity contribution < 1.29 is 4.79 Å². The second-order valence-corrected chi connectivity index (χ2v) is 7.75. The minimum atomic E-state index is 0.0590. The largest absolute Gasteiger partial charge is 0.371 e. The molecule has 1 atom stereocenters. The second kappa shape index (κ2) is 7.65. The Morgan fingerprint density at radius 3 is 2.89 bits per heavy atom. The molecule has 2 heterocycles. The summed E-state index contributed by atoms with van der Waals surface area (Å²) in [5.74, 6) is 0.214. The Labute approximate surface area is 164 Å². The molecule has 2 N–H and O–H groups in total. The number of hydrogen-bond acceptors (Lipinski definition) is 2. The maximum absolute atomic E-state index is 12.6. The lowest BCUT2D eigenvalue weighted by atomic mass is 10.1. The number of carbonyl (C=O) groups excluding carboxylic acids is 1. The minimum Gasteiger partial charge on any atom is -0.371 e. The summed E-state index contributed by atoms with van der Waals surface area (Å²) < 4.78 is 0. The summed E-state index contributed by atoms with van der Waals surface area (Å²) in [5, 5.41) is 4.97. The van der Waals surface area contributed by atoms with Gasteiger partial charge in [0.1, 0.15) is 0 Å². The Bertz CT molecular complexity index is 948. The van der Waals surface area contributed by atoms with Crippen LogP contribution in [0.15, 0.2) is 48.7 Å². The summed E-state index contributed by atoms with van der Waals surface area (Å²) >= 11 is 6.10. The van der Waals surface area contributed by atoms with Crippen molar-refractivity contribution in [2.75, 3.05) is 24.5 Å². The van der Waals surface area contributed by atoms with Crippen molar-refractivity contribution >= 4 is 34.1 Å². The van der Waals surface area contributed by atoms with Gasteiger partial charge in [-0.15, -0.1) is 0 Å². The molecule has 5 heteroatoms. The summed E-state index contributed by atoms with van der Waals surface area (Å²) in [6, 6.07) is 14.4. The number of anilines is 1. The third kappa shape index (κ3) is 3.96. The van der Waals surface area contributed by atoms with Crippen LogP contribution in [0.5, 0.6) is 0 Å². The number of aryl methyl sites for hydroxylation is 1. The van der Waals surface area contributed by atoms with Gasteiger partial charge in [-0.3, -0.25) is 4.79 Å². The summed E-state index contributed by atoms with van der Waals surface area (Å²) in [6.07, 6.45) is 3.70. The molecule has 0 saturated carbocycles. The van der Waals surface area contributed by atoms with Gasteiger partial charge in [-0.1, -0.05) is 29.3 Å². The minimum absolute atomic E-state index is 0.0590. The highest BCUT2D eigenvalue weighted by atomic mass is 35.5. The fraction of sp³-hybridized carbons (Fsp3) is 0.318. The van der Waals surface area contributed by atoms with Gasteiger partial charge in [0.2, 0.25) is 5.91 Å². The van der Waals surface area contributed by atoms with Crippen molar-refractivity contribution in [3.05, 3.63) is 64.8 Å². The molecule has 140 valence electrons. The number of H-pyrrole nitrogens is 1. The van der Waals surface area contributed by atoms with Crippen LogP contribution in [0, 0.1) is 12.8 Å². The third-order valence-corrected chi connectivity index (χ3v) is 5.62. The number of aromatic amines is 1. The van der Waals surface area contributed by atoms with Crippen molar-refractivity contribution in [2.24, 2.45) is 5.92 Å². The summed E-state index contributed by atoms with van der Waals surface area (Å²) in [4.78, 5) is 18.1. The highest BCUT2D eigenvalue weighted by Gasteiger charge is 2.28. The van der Waals surface area contributed by atoms with Gasteiger partial charge in [0.15, 0.2) is 0 Å². The molecule has 0 unspecified atom stereocenters. The molecule has 3 aromatic rings. The average molecular weight is 382 g/mol. The van der Waals surface area contributed by atoms with E-state index in [2.05, 4.69) is 46.4 Å². The van der Waals surface area contributed by atoms with Gasteiger partial charge in [-0.05, 0) is 55.7 Å². The average Bonchev–Trinajstić information content (AvgIpc) is 3.30. The highest BCUT2D eigenvalue weighted by Crippen LogP contribution is 2.25. The first-order valence-electron chi connectivity index (χ1n) is 9.45. The number of nitrogens with zero attached hydrogens (tertiary/aromatic N) is 1. The molecule has 27 heavy (non-hydrogen) atoms. The molecule has 4 nitrogen and oxygen atoms in total. The monoisotopic (exact) mass is 381 g/mol. The maximum Gasteiger partial charge on any atom is 0.224 e. The fourth-order valence-electron chi connectivity index (χ4n) is 3.79. The number of hydrogen-bond donors (Lipinski definition) is 2. The molecule has 0 aliphatic carbocycles. The van der Waals surface area contributed by atoms with E-state index in [1.165, 1.54) is 16.8 Å². The number of nitrogens with one attached hydrogen (secondary N) is 2. The first-order valence-corrected chi connectivity index (χ1v) is 9.83. The first-order chi connectivity index (χ1) is 13.1. The van der Waals surface area contributed by atoms with Crippen LogP contribution in [0.4, 0.5) is 5.69 Å². The molecule has 1 fully saturated rings. The van der Waals surface area contributed by atoms with Crippen LogP contribution in [-0.4, -0.2) is 30.5 Å². The first kappa shape index (κ1) is 17.9. The van der Waals surface area contributed by atoms with Gasteiger partial charge in [-0.2, -0.15) is 0 Å². The quantitative estimate of drug-likeness (QED) is 0.691. The summed E-state index contributed by atoms with van der Waals surface area (Å²) in [6.45, 7) is 4.45. The predicted molar refractivity (Wildman–Crippen MR) is 112 cm³/mol. The molecule has 4 rings (SSSR count). The van der Waals surface area contributed by atoms with Crippen LogP contribution in [-0.2, 0) is 11.2 Å². The summed E-state index contributed by atoms with van der Waals surface area (Å²) in [5.41, 5.74) is 4.71. The van der Waals surface area contributed by atoms with Gasteiger partial charge in [0.25, 0.3) is 0 Å². The van der Waals surface area contributed by atoms with Crippen LogP contribution in [0.25, 0.3) is 10.9 Å². The SMILES string of the molecule is Cc1ccc(N2CC[C@@H](C(=O)NCCc3c[nH]c4ccc(Cl)cc34)C2)cc1. The standard InChI is InChI=1S/C22H24ClN3O/c1-15-2-5-19(6-3-15)26-11-9-17(14-26)22(27)24-10-8-16-13-25-21-7-4-18(23)12-20(16)21/h2-7,12-13,17,25H,8-11,14H2,1H3,(H,24,27)/t17-/m1/s1. The Morgan fingerprint density at radius 1 is 1.26 bits per heavy atom. The van der Waals surface area contributed by atoms with E-state index in [-0.39, 0.29) is 11.8 Å². The van der Waals surface area contributed by atoms with E-state index in [1.807, 2.05) is 24.4 Å². The number of aromatic nitrogens is 1. The molecule has 1 aromatic heterocycles. The van der Waals surface area contributed by atoms with Crippen LogP contribution in [0.2, 0.25) is 5.02 Å². The van der Waals surface area contributed by atoms with Crippen LogP contribution in [0.3, 0.4) is 0 Å². The second-order valence-electron chi connectivity index (χ2n) is 7.31. The number of carbonyl (C=O) groups is 1. The Balaban J connectivity index is 1.30. The molecular weight excluding hydrogens is 358 g/mol. The maximum atomic E-state index is 12.6. The number of halogens is 1. The van der Waals surface area contributed by atoms with Gasteiger partial charge >= 0.3 is 0 Å². The van der Waals surface area contributed by atoms with E-state index in [1.54, 1.807) is 0 Å². The topological polar surface area (TPSA) is 48.1 Å². The van der Waals surface area contributed by atoms with Gasteiger partial charge in [0.05, 0.1) is 5.92 Å². The molecule has 1 aliphatic rings. The predicted octanol–water partition coefficient (Wildman–Crippen LogP) is 4.31. The third-order valence-electron chi connectivity index (χ3n) is 5.38. The molecule has 0 radical (unpaired) electrons. The van der Waals surface area contributed by atoms with Crippen LogP contribution in [0.1, 0.15) is 17.5 Å². The van der Waals surface area contributed by atoms with Crippen LogP contribution >= 0.6 is 11.6 Å². The molecular formula is C22H24ClN3O. The number of fused-ring (bicyclic) bond motifs is 1. The Kier molecular flexibility index (Phi) is 5.08. The molecule has 1 amide bonds. The lowest BCUT2D eigenvalue weighted by Gasteiger charge is -2.18. The summed E-state index contributed by atoms with van der Waals surface area (Å²) in [7, 11) is 0. The van der Waals surface area contributed by atoms with E-state index >= 15 is 0 Å². The molecule has 1 saturated heterocycles. The zero-order valence-electron chi connectivity index (χ0n) is 15.5. The smallest absolute Gasteiger partial charge is 0.224 e. The molecule has 0 bridgehead atoms. The van der Waals surface area contributed by atoms with Crippen molar-refractivity contribution in [3.63, 3.8) is 0 Å². The number of amides is 1. The van der Waals surface area contributed by atoms with E-state index in [0.29, 0.717) is 6.54 Å². The molecule has 0 spiro atoms. The van der Waals surface area contributed by atoms with E-state index < -0.39 is 0 Å². The van der Waals surface area contributed by atoms with Gasteiger partial charge < -0.3 is 15.2 Å². The fourth-order valence-corrected chi connectivity index (χ4v) is 3.96. The van der Waals surface area contributed by atoms with Gasteiger partial charge in [-0.25, -0.2) is 0 Å². The van der Waals surface area contributed by atoms with E-state index in [0.717, 1.165) is 41.9 Å². The Morgan fingerprint density at radius 2 is 2.07 bits per heavy atom. The van der Waals surface area contributed by atoms with Crippen molar-refractivity contribution in [1.29, 1.82) is 0 Å². The van der Waals surface area contributed by atoms with Crippen molar-refractivity contribution in [2.45, 2.75) is 19.8 Å². The number of benzene rings is 2. The zero-order valence-corrected chi connectivity index (χ0v) is 16.2. The van der Waals surface area contributed by atoms with E-state index in [4.69, 9.17) is 11.6 Å². The van der Waals surface area contributed by atoms with Gasteiger partial charge in [0, 0.05) is 47.4 Å². The Hall–Kier alpha value is -2.46. The lowest BCUT2D eigenvalue weighted by molar-refractivity contribution is -0.124. The normalized spacial score (nSPS) is 16.8. The lowest BCUT2D eigenvalue weighted by Crippen LogP contribution is -2.34. The van der Waals surface area contributed by atoms with Crippen molar-refractivity contribution in [3.8, 4) is 0 Å². The van der Waals surface area contributed by atoms with Crippen molar-refractivity contribution in [1.82, 2.24) is 10.3 Å².